The maximum Gasteiger partial charge on any atom is 0.431 e. The molecule has 0 atom stereocenters. The summed E-state index contributed by atoms with van der Waals surface area (Å²) in [5.41, 5.74) is 4.47. The van der Waals surface area contributed by atoms with E-state index in [0.29, 0.717) is 17.4 Å². The Labute approximate surface area is 164 Å². The first kappa shape index (κ1) is 19.8. The number of aryl methyl sites for hydroxylation is 1. The van der Waals surface area contributed by atoms with E-state index in [9.17, 15) is 26.0 Å². The highest BCUT2D eigenvalue weighted by atomic mass is 32.2. The first-order chi connectivity index (χ1) is 13.5. The Bertz CT molecular complexity index is 1220. The number of benzene rings is 3. The van der Waals surface area contributed by atoms with Gasteiger partial charge in [-0.05, 0) is 51.4 Å². The van der Waals surface area contributed by atoms with Crippen LogP contribution in [-0.4, -0.2) is 24.1 Å². The molecule has 3 nitrogen and oxygen atoms in total. The van der Waals surface area contributed by atoms with Gasteiger partial charge in [0.05, 0.1) is 0 Å². The van der Waals surface area contributed by atoms with E-state index >= 15 is 0 Å². The first-order valence-electron chi connectivity index (χ1n) is 8.87. The van der Waals surface area contributed by atoms with Crippen LogP contribution in [0.25, 0.3) is 21.9 Å². The molecule has 3 aromatic rings. The van der Waals surface area contributed by atoms with E-state index in [1.165, 1.54) is 0 Å². The van der Waals surface area contributed by atoms with Gasteiger partial charge in [-0.1, -0.05) is 54.6 Å². The van der Waals surface area contributed by atoms with Crippen molar-refractivity contribution in [3.8, 4) is 11.1 Å². The lowest BCUT2D eigenvalue weighted by molar-refractivity contribution is -0.163. The number of hydrogen-bond acceptors (Lipinski definition) is 2. The maximum absolute atomic E-state index is 14.0. The van der Waals surface area contributed by atoms with Gasteiger partial charge in [0, 0.05) is 6.42 Å². The van der Waals surface area contributed by atoms with Crippen LogP contribution in [0.2, 0.25) is 0 Å². The largest absolute Gasteiger partial charge is 0.431 e. The third-order valence-electron chi connectivity index (χ3n) is 5.37. The van der Waals surface area contributed by atoms with Crippen LogP contribution in [0.1, 0.15) is 23.1 Å². The second-order valence-corrected chi connectivity index (χ2v) is 8.60. The predicted molar refractivity (Wildman–Crippen MR) is 102 cm³/mol. The van der Waals surface area contributed by atoms with E-state index in [1.807, 2.05) is 42.5 Å². The molecule has 4 rings (SSSR count). The predicted octanol–water partition coefficient (Wildman–Crippen LogP) is 5.46. The molecule has 3 aromatic carbocycles. The molecule has 1 aliphatic rings. The Kier molecular flexibility index (Phi) is 4.47. The molecule has 0 bridgehead atoms. The zero-order chi connectivity index (χ0) is 21.0. The van der Waals surface area contributed by atoms with Crippen LogP contribution >= 0.6 is 0 Å². The number of rotatable bonds is 5. The van der Waals surface area contributed by atoms with Gasteiger partial charge in [0.15, 0.2) is 0 Å². The van der Waals surface area contributed by atoms with E-state index in [-0.39, 0.29) is 0 Å². The molecule has 0 radical (unpaired) electrons. The van der Waals surface area contributed by atoms with Gasteiger partial charge >= 0.3 is 21.3 Å². The molecule has 0 spiro atoms. The zero-order valence-corrected chi connectivity index (χ0v) is 15.8. The van der Waals surface area contributed by atoms with Gasteiger partial charge < -0.3 is 0 Å². The Hall–Kier alpha value is -2.45. The molecule has 8 heteroatoms. The number of hydrogen-bond donors (Lipinski definition) is 1. The topological polar surface area (TPSA) is 54.4 Å². The van der Waals surface area contributed by atoms with Gasteiger partial charge in [-0.15, -0.1) is 0 Å². The second-order valence-electron chi connectivity index (χ2n) is 7.14. The fraction of sp³-hybridized carbons (Fsp3) is 0.238. The molecular weight excluding hydrogens is 408 g/mol. The van der Waals surface area contributed by atoms with Crippen molar-refractivity contribution < 1.29 is 30.5 Å². The SMILES string of the molecule is O=S(=O)(O)C(F)(F)C(F)(F)CCc1cccc2ccc3c(c12)Cc1ccccc1-3. The van der Waals surface area contributed by atoms with Crippen LogP contribution in [-0.2, 0) is 23.0 Å². The van der Waals surface area contributed by atoms with Crippen LogP contribution in [0.15, 0.2) is 54.6 Å². The van der Waals surface area contributed by atoms with Gasteiger partial charge in [-0.3, -0.25) is 4.55 Å². The van der Waals surface area contributed by atoms with Gasteiger partial charge in [-0.25, -0.2) is 0 Å². The lowest BCUT2D eigenvalue weighted by atomic mass is 9.92. The third kappa shape index (κ3) is 3.11. The standard InChI is InChI=1S/C21H16F4O3S/c22-20(23,21(24,25)29(26,27)28)11-10-14-6-3-5-13-8-9-17-16-7-2-1-4-15(16)12-18(17)19(13)14/h1-9H,10-12H2,(H,26,27,28). The molecule has 0 aliphatic heterocycles. The van der Waals surface area contributed by atoms with Crippen LogP contribution in [0.3, 0.4) is 0 Å². The fourth-order valence-electron chi connectivity index (χ4n) is 3.93. The van der Waals surface area contributed by atoms with Crippen LogP contribution < -0.4 is 0 Å². The molecule has 1 N–H and O–H groups in total. The monoisotopic (exact) mass is 424 g/mol. The smallest absolute Gasteiger partial charge is 0.281 e. The molecule has 0 unspecified atom stereocenters. The summed E-state index contributed by atoms with van der Waals surface area (Å²) in [6.45, 7) is 0. The van der Waals surface area contributed by atoms with Gasteiger partial charge in [0.25, 0.3) is 0 Å². The first-order valence-corrected chi connectivity index (χ1v) is 10.3. The highest BCUT2D eigenvalue weighted by molar-refractivity contribution is 7.87. The fourth-order valence-corrected chi connectivity index (χ4v) is 4.41. The molecule has 0 aromatic heterocycles. The lowest BCUT2D eigenvalue weighted by Gasteiger charge is -2.24. The average Bonchev–Trinajstić information content (AvgIpc) is 3.04. The molecule has 0 fully saturated rings. The molecule has 0 saturated heterocycles. The quantitative estimate of drug-likeness (QED) is 0.342. The van der Waals surface area contributed by atoms with Crippen molar-refractivity contribution in [1.29, 1.82) is 0 Å². The van der Waals surface area contributed by atoms with Crippen molar-refractivity contribution in [1.82, 2.24) is 0 Å². The minimum absolute atomic E-state index is 0.429. The van der Waals surface area contributed by atoms with E-state index in [1.54, 1.807) is 12.1 Å². The van der Waals surface area contributed by atoms with E-state index < -0.39 is 34.1 Å². The number of alkyl halides is 4. The summed E-state index contributed by atoms with van der Waals surface area (Å²) in [6, 6.07) is 16.6. The minimum atomic E-state index is -6.24. The normalized spacial score (nSPS) is 14.1. The molecule has 1 aliphatic carbocycles. The molecule has 0 heterocycles. The van der Waals surface area contributed by atoms with Gasteiger partial charge in [0.2, 0.25) is 0 Å². The lowest BCUT2D eigenvalue weighted by Crippen LogP contribution is -2.47. The third-order valence-corrected chi connectivity index (χ3v) is 6.32. The van der Waals surface area contributed by atoms with E-state index in [4.69, 9.17) is 4.55 Å². The van der Waals surface area contributed by atoms with Gasteiger partial charge in [0.1, 0.15) is 0 Å². The van der Waals surface area contributed by atoms with Crippen LogP contribution in [0.4, 0.5) is 17.6 Å². The van der Waals surface area contributed by atoms with Gasteiger partial charge in [-0.2, -0.15) is 26.0 Å². The van der Waals surface area contributed by atoms with Crippen molar-refractivity contribution >= 4 is 20.9 Å². The Balaban J connectivity index is 1.75. The molecule has 29 heavy (non-hydrogen) atoms. The highest BCUT2D eigenvalue weighted by Crippen LogP contribution is 2.44. The van der Waals surface area contributed by atoms with Crippen molar-refractivity contribution in [3.05, 3.63) is 71.3 Å². The zero-order valence-electron chi connectivity index (χ0n) is 15.0. The van der Waals surface area contributed by atoms with Crippen molar-refractivity contribution in [2.45, 2.75) is 30.4 Å². The summed E-state index contributed by atoms with van der Waals surface area (Å²) in [5.74, 6) is -4.91. The van der Waals surface area contributed by atoms with Crippen molar-refractivity contribution in [2.75, 3.05) is 0 Å². The summed E-state index contributed by atoms with van der Waals surface area (Å²) in [6.07, 6.45) is -1.30. The summed E-state index contributed by atoms with van der Waals surface area (Å²) < 4.78 is 85.0. The summed E-state index contributed by atoms with van der Waals surface area (Å²) in [4.78, 5) is 0. The second kappa shape index (κ2) is 6.53. The summed E-state index contributed by atoms with van der Waals surface area (Å²) >= 11 is 0. The Morgan fingerprint density at radius 3 is 2.34 bits per heavy atom. The molecule has 0 saturated carbocycles. The van der Waals surface area contributed by atoms with Crippen LogP contribution in [0, 0.1) is 0 Å². The average molecular weight is 424 g/mol. The summed E-state index contributed by atoms with van der Waals surface area (Å²) in [5, 5.41) is -4.05. The van der Waals surface area contributed by atoms with E-state index in [2.05, 4.69) is 0 Å². The number of halogens is 4. The van der Waals surface area contributed by atoms with Crippen molar-refractivity contribution in [3.63, 3.8) is 0 Å². The highest BCUT2D eigenvalue weighted by Gasteiger charge is 2.65. The van der Waals surface area contributed by atoms with Crippen molar-refractivity contribution in [2.24, 2.45) is 0 Å². The molecule has 0 amide bonds. The van der Waals surface area contributed by atoms with Crippen LogP contribution in [0.5, 0.6) is 0 Å². The maximum atomic E-state index is 14.0. The van der Waals surface area contributed by atoms with E-state index in [0.717, 1.165) is 27.6 Å². The molecule has 152 valence electrons. The Morgan fingerprint density at radius 1 is 0.897 bits per heavy atom. The molecular formula is C21H16F4O3S. The summed E-state index contributed by atoms with van der Waals surface area (Å²) in [7, 11) is -6.24. The number of fused-ring (bicyclic) bond motifs is 5. The minimum Gasteiger partial charge on any atom is -0.281 e. The Morgan fingerprint density at radius 2 is 1.62 bits per heavy atom.